The zero-order valence-corrected chi connectivity index (χ0v) is 20.6. The average molecular weight is 531 g/mol. The molecule has 1 fully saturated rings. The Hall–Kier alpha value is -2.85. The fourth-order valence-electron chi connectivity index (χ4n) is 4.25. The van der Waals surface area contributed by atoms with E-state index in [1.165, 1.54) is 10.7 Å². The maximum absolute atomic E-state index is 13.4. The number of aromatic nitrogens is 2. The quantitative estimate of drug-likeness (QED) is 0.547. The predicted octanol–water partition coefficient (Wildman–Crippen LogP) is 3.35. The topological polar surface area (TPSA) is 93.4 Å². The van der Waals surface area contributed by atoms with Gasteiger partial charge in [-0.2, -0.15) is 0 Å². The number of carbonyl (C=O) groups is 1. The SMILES string of the molecule is Cc1c(NS(=O)(=O)c2cc3c(cc2Br)CCN3C(=O)C2CC2)c(=O)n(-c2ccccc2)n1C. The predicted molar refractivity (Wildman–Crippen MR) is 129 cm³/mol. The highest BCUT2D eigenvalue weighted by Crippen LogP contribution is 2.39. The lowest BCUT2D eigenvalue weighted by Gasteiger charge is -2.18. The fourth-order valence-corrected chi connectivity index (χ4v) is 6.48. The molecule has 172 valence electrons. The van der Waals surface area contributed by atoms with Crippen molar-refractivity contribution in [2.75, 3.05) is 16.2 Å². The Bertz CT molecular complexity index is 1440. The molecule has 2 heterocycles. The number of carbonyl (C=O) groups excluding carboxylic acids is 1. The average Bonchev–Trinajstić information content (AvgIpc) is 3.52. The molecule has 1 aliphatic heterocycles. The van der Waals surface area contributed by atoms with Gasteiger partial charge >= 0.3 is 0 Å². The van der Waals surface area contributed by atoms with Gasteiger partial charge in [-0.1, -0.05) is 18.2 Å². The Kier molecular flexibility index (Phi) is 5.24. The van der Waals surface area contributed by atoms with E-state index in [4.69, 9.17) is 0 Å². The molecular weight excluding hydrogens is 508 g/mol. The van der Waals surface area contributed by atoms with Crippen LogP contribution in [0, 0.1) is 12.8 Å². The summed E-state index contributed by atoms with van der Waals surface area (Å²) in [6.45, 7) is 2.24. The third-order valence-electron chi connectivity index (χ3n) is 6.30. The molecule has 0 atom stereocenters. The number of nitrogens with zero attached hydrogens (tertiary/aromatic N) is 3. The van der Waals surface area contributed by atoms with Gasteiger partial charge in [-0.05, 0) is 71.9 Å². The number of hydrogen-bond donors (Lipinski definition) is 1. The number of fused-ring (bicyclic) bond motifs is 1. The van der Waals surface area contributed by atoms with Crippen LogP contribution in [0.2, 0.25) is 0 Å². The van der Waals surface area contributed by atoms with Crippen LogP contribution in [0.15, 0.2) is 56.6 Å². The maximum Gasteiger partial charge on any atom is 0.296 e. The third-order valence-corrected chi connectivity index (χ3v) is 8.61. The largest absolute Gasteiger partial charge is 0.312 e. The highest BCUT2D eigenvalue weighted by Gasteiger charge is 2.37. The number of amides is 1. The molecule has 1 saturated carbocycles. The van der Waals surface area contributed by atoms with Crippen LogP contribution in [0.3, 0.4) is 0 Å². The van der Waals surface area contributed by atoms with Crippen LogP contribution in [0.25, 0.3) is 5.69 Å². The fraction of sp³-hybridized carbons (Fsp3) is 0.304. The van der Waals surface area contributed by atoms with Gasteiger partial charge in [0.05, 0.1) is 11.4 Å². The van der Waals surface area contributed by atoms with Crippen molar-refractivity contribution in [3.63, 3.8) is 0 Å². The summed E-state index contributed by atoms with van der Waals surface area (Å²) in [5, 5.41) is 0. The van der Waals surface area contributed by atoms with Crippen LogP contribution in [-0.2, 0) is 28.3 Å². The normalized spacial score (nSPS) is 15.5. The summed E-state index contributed by atoms with van der Waals surface area (Å²) >= 11 is 3.38. The van der Waals surface area contributed by atoms with E-state index in [9.17, 15) is 18.0 Å². The molecule has 0 radical (unpaired) electrons. The van der Waals surface area contributed by atoms with Crippen molar-refractivity contribution in [3.05, 3.63) is 68.5 Å². The molecule has 1 aliphatic carbocycles. The highest BCUT2D eigenvalue weighted by atomic mass is 79.9. The Balaban J connectivity index is 1.54. The first-order chi connectivity index (χ1) is 15.7. The summed E-state index contributed by atoms with van der Waals surface area (Å²) in [5.74, 6) is 0.0956. The summed E-state index contributed by atoms with van der Waals surface area (Å²) in [7, 11) is -2.41. The van der Waals surface area contributed by atoms with Crippen LogP contribution >= 0.6 is 15.9 Å². The van der Waals surface area contributed by atoms with Crippen molar-refractivity contribution in [2.45, 2.75) is 31.1 Å². The van der Waals surface area contributed by atoms with Crippen LogP contribution < -0.4 is 15.2 Å². The molecular formula is C23H23BrN4O4S. The van der Waals surface area contributed by atoms with Gasteiger partial charge in [0.25, 0.3) is 15.6 Å². The number of rotatable bonds is 5. The third kappa shape index (κ3) is 3.71. The summed E-state index contributed by atoms with van der Waals surface area (Å²) in [5.41, 5.74) is 2.19. The minimum Gasteiger partial charge on any atom is -0.312 e. The lowest BCUT2D eigenvalue weighted by Crippen LogP contribution is -2.30. The molecule has 3 aromatic rings. The Morgan fingerprint density at radius 2 is 1.85 bits per heavy atom. The van der Waals surface area contributed by atoms with Crippen molar-refractivity contribution in [2.24, 2.45) is 13.0 Å². The van der Waals surface area contributed by atoms with Crippen molar-refractivity contribution in [1.29, 1.82) is 0 Å². The van der Waals surface area contributed by atoms with Crippen molar-refractivity contribution in [1.82, 2.24) is 9.36 Å². The maximum atomic E-state index is 13.4. The van der Waals surface area contributed by atoms with Crippen molar-refractivity contribution >= 4 is 43.2 Å². The van der Waals surface area contributed by atoms with E-state index in [0.717, 1.165) is 18.4 Å². The van der Waals surface area contributed by atoms with Crippen molar-refractivity contribution < 1.29 is 13.2 Å². The first kappa shape index (κ1) is 22.0. The smallest absolute Gasteiger partial charge is 0.296 e. The Morgan fingerprint density at radius 1 is 1.15 bits per heavy atom. The lowest BCUT2D eigenvalue weighted by atomic mass is 10.2. The van der Waals surface area contributed by atoms with Gasteiger partial charge in [-0.25, -0.2) is 13.1 Å². The Labute approximate surface area is 200 Å². The number of nitrogens with one attached hydrogen (secondary N) is 1. The standard InChI is InChI=1S/C23H23BrN4O4S/c1-14-21(23(30)28(26(14)2)17-6-4-3-5-7-17)25-33(31,32)20-13-19-16(12-18(20)24)10-11-27(19)22(29)15-8-9-15/h3-7,12-13,15,25H,8-11H2,1-2H3. The summed E-state index contributed by atoms with van der Waals surface area (Å²) in [4.78, 5) is 27.5. The molecule has 10 heteroatoms. The number of benzene rings is 2. The van der Waals surface area contributed by atoms with Gasteiger partial charge < -0.3 is 4.90 Å². The molecule has 0 bridgehead atoms. The van der Waals surface area contributed by atoms with E-state index in [-0.39, 0.29) is 22.4 Å². The van der Waals surface area contributed by atoms with E-state index in [0.29, 0.717) is 34.5 Å². The number of halogens is 1. The minimum absolute atomic E-state index is 0.00865. The molecule has 8 nitrogen and oxygen atoms in total. The first-order valence-electron chi connectivity index (χ1n) is 10.7. The number of anilines is 2. The molecule has 0 spiro atoms. The second-order valence-electron chi connectivity index (χ2n) is 8.47. The van der Waals surface area contributed by atoms with E-state index < -0.39 is 15.6 Å². The van der Waals surface area contributed by atoms with Gasteiger partial charge in [0.2, 0.25) is 5.91 Å². The summed E-state index contributed by atoms with van der Waals surface area (Å²) in [6, 6.07) is 12.3. The molecule has 0 unspecified atom stereocenters. The second-order valence-corrected chi connectivity index (χ2v) is 11.0. The molecule has 0 saturated heterocycles. The van der Waals surface area contributed by atoms with E-state index >= 15 is 0 Å². The van der Waals surface area contributed by atoms with E-state index in [2.05, 4.69) is 20.7 Å². The molecule has 2 aromatic carbocycles. The minimum atomic E-state index is -4.11. The van der Waals surface area contributed by atoms with Crippen LogP contribution in [0.1, 0.15) is 24.1 Å². The van der Waals surface area contributed by atoms with Crippen molar-refractivity contribution in [3.8, 4) is 5.69 Å². The van der Waals surface area contributed by atoms with Crippen LogP contribution in [0.5, 0.6) is 0 Å². The van der Waals surface area contributed by atoms with Crippen LogP contribution in [0.4, 0.5) is 11.4 Å². The lowest BCUT2D eigenvalue weighted by molar-refractivity contribution is -0.119. The summed E-state index contributed by atoms with van der Waals surface area (Å²) < 4.78 is 32.7. The number of sulfonamides is 1. The van der Waals surface area contributed by atoms with Gasteiger partial charge in [0.15, 0.2) is 0 Å². The molecule has 1 aromatic heterocycles. The van der Waals surface area contributed by atoms with E-state index in [1.807, 2.05) is 18.2 Å². The second kappa shape index (κ2) is 7.88. The van der Waals surface area contributed by atoms with Gasteiger partial charge in [-0.15, -0.1) is 0 Å². The Morgan fingerprint density at radius 3 is 2.52 bits per heavy atom. The van der Waals surface area contributed by atoms with Gasteiger partial charge in [-0.3, -0.25) is 19.0 Å². The highest BCUT2D eigenvalue weighted by molar-refractivity contribution is 9.10. The molecule has 1 amide bonds. The van der Waals surface area contributed by atoms with Gasteiger partial charge in [0, 0.05) is 29.7 Å². The van der Waals surface area contributed by atoms with Gasteiger partial charge in [0.1, 0.15) is 10.6 Å². The molecule has 5 rings (SSSR count). The van der Waals surface area contributed by atoms with E-state index in [1.54, 1.807) is 41.8 Å². The number of hydrogen-bond acceptors (Lipinski definition) is 4. The van der Waals surface area contributed by atoms with Crippen LogP contribution in [-0.4, -0.2) is 30.2 Å². The monoisotopic (exact) mass is 530 g/mol. The molecule has 2 aliphatic rings. The first-order valence-corrected chi connectivity index (χ1v) is 13.0. The number of para-hydroxylation sites is 1. The molecule has 33 heavy (non-hydrogen) atoms. The summed E-state index contributed by atoms with van der Waals surface area (Å²) in [6.07, 6.45) is 2.45. The zero-order valence-electron chi connectivity index (χ0n) is 18.2. The zero-order chi connectivity index (χ0) is 23.5. The molecule has 1 N–H and O–H groups in total.